The van der Waals surface area contributed by atoms with Crippen LogP contribution in [0.1, 0.15) is 21.7 Å². The maximum absolute atomic E-state index is 12.2. The van der Waals surface area contributed by atoms with Gasteiger partial charge in [0.15, 0.2) is 0 Å². The van der Waals surface area contributed by atoms with E-state index in [4.69, 9.17) is 9.68 Å². The van der Waals surface area contributed by atoms with Gasteiger partial charge < -0.3 is 4.42 Å². The number of nitrogens with zero attached hydrogens (tertiary/aromatic N) is 3. The van der Waals surface area contributed by atoms with Gasteiger partial charge in [0.25, 0.3) is 5.91 Å². The lowest BCUT2D eigenvalue weighted by molar-refractivity contribution is 0.0988. The Bertz CT molecular complexity index is 625. The highest BCUT2D eigenvalue weighted by Gasteiger charge is 2.19. The Morgan fingerprint density at radius 1 is 1.44 bits per heavy atom. The Labute approximate surface area is 104 Å². The summed E-state index contributed by atoms with van der Waals surface area (Å²) < 4.78 is 5.36. The largest absolute Gasteiger partial charge is 0.445 e. The van der Waals surface area contributed by atoms with Gasteiger partial charge in [-0.3, -0.25) is 14.7 Å². The highest BCUT2D eigenvalue weighted by Crippen LogP contribution is 2.19. The zero-order valence-corrected chi connectivity index (χ0v) is 10.0. The fourth-order valence-electron chi connectivity index (χ4n) is 1.55. The molecule has 0 saturated heterocycles. The van der Waals surface area contributed by atoms with Crippen molar-refractivity contribution < 1.29 is 9.21 Å². The quantitative estimate of drug-likeness (QED) is 0.807. The first-order valence-corrected chi connectivity index (χ1v) is 5.32. The lowest BCUT2D eigenvalue weighted by Gasteiger charge is -2.14. The standard InChI is InChI=1S/C13H11N3O2/c1-9-3-4-12(18-9)16(2)13(17)11-8-15-6-5-10(11)7-14/h3-6,8H,1-2H3. The molecular weight excluding hydrogens is 230 g/mol. The lowest BCUT2D eigenvalue weighted by Crippen LogP contribution is -2.26. The molecule has 0 saturated carbocycles. The van der Waals surface area contributed by atoms with Crippen molar-refractivity contribution in [3.05, 3.63) is 47.5 Å². The molecule has 0 unspecified atom stereocenters. The molecule has 2 aromatic rings. The molecule has 0 N–H and O–H groups in total. The van der Waals surface area contributed by atoms with Crippen molar-refractivity contribution >= 4 is 11.8 Å². The van der Waals surface area contributed by atoms with Crippen molar-refractivity contribution in [3.63, 3.8) is 0 Å². The molecule has 0 fully saturated rings. The van der Waals surface area contributed by atoms with Gasteiger partial charge in [0.2, 0.25) is 5.88 Å². The molecule has 0 spiro atoms. The Morgan fingerprint density at radius 3 is 2.83 bits per heavy atom. The molecule has 0 aliphatic rings. The zero-order chi connectivity index (χ0) is 13.1. The fraction of sp³-hybridized carbons (Fsp3) is 0.154. The molecule has 5 heteroatoms. The van der Waals surface area contributed by atoms with Crippen molar-refractivity contribution in [2.24, 2.45) is 0 Å². The molecule has 90 valence electrons. The first-order valence-electron chi connectivity index (χ1n) is 5.32. The predicted octanol–water partition coefficient (Wildman–Crippen LogP) is 2.13. The Morgan fingerprint density at radius 2 is 2.22 bits per heavy atom. The summed E-state index contributed by atoms with van der Waals surface area (Å²) in [6.45, 7) is 1.80. The third kappa shape index (κ3) is 2.09. The number of carbonyl (C=O) groups excluding carboxylic acids is 1. The van der Waals surface area contributed by atoms with Crippen LogP contribution in [0, 0.1) is 18.3 Å². The second-order valence-electron chi connectivity index (χ2n) is 3.78. The van der Waals surface area contributed by atoms with Crippen molar-refractivity contribution in [2.45, 2.75) is 6.92 Å². The molecule has 0 aliphatic heterocycles. The fourth-order valence-corrected chi connectivity index (χ4v) is 1.55. The maximum atomic E-state index is 12.2. The minimum Gasteiger partial charge on any atom is -0.445 e. The van der Waals surface area contributed by atoms with Crippen molar-refractivity contribution in [3.8, 4) is 6.07 Å². The highest BCUT2D eigenvalue weighted by molar-refractivity contribution is 6.06. The maximum Gasteiger partial charge on any atom is 0.263 e. The minimum atomic E-state index is -0.325. The number of aryl methyl sites for hydroxylation is 1. The Hall–Kier alpha value is -2.61. The van der Waals surface area contributed by atoms with E-state index >= 15 is 0 Å². The third-order valence-corrected chi connectivity index (χ3v) is 2.53. The van der Waals surface area contributed by atoms with Crippen LogP contribution in [0.2, 0.25) is 0 Å². The van der Waals surface area contributed by atoms with Crippen LogP contribution in [-0.2, 0) is 0 Å². The SMILES string of the molecule is Cc1ccc(N(C)C(=O)c2cnccc2C#N)o1. The number of anilines is 1. The topological polar surface area (TPSA) is 70.1 Å². The van der Waals surface area contributed by atoms with Crippen molar-refractivity contribution in [2.75, 3.05) is 11.9 Å². The number of hydrogen-bond acceptors (Lipinski definition) is 4. The van der Waals surface area contributed by atoms with E-state index in [0.717, 1.165) is 5.76 Å². The van der Waals surface area contributed by atoms with Crippen LogP contribution >= 0.6 is 0 Å². The number of furan rings is 1. The van der Waals surface area contributed by atoms with Gasteiger partial charge >= 0.3 is 0 Å². The molecule has 2 heterocycles. The van der Waals surface area contributed by atoms with Gasteiger partial charge in [-0.1, -0.05) is 0 Å². The molecule has 18 heavy (non-hydrogen) atoms. The predicted molar refractivity (Wildman–Crippen MR) is 65.1 cm³/mol. The number of amides is 1. The first kappa shape index (κ1) is 11.9. The molecule has 0 radical (unpaired) electrons. The summed E-state index contributed by atoms with van der Waals surface area (Å²) in [6.07, 6.45) is 2.86. The lowest BCUT2D eigenvalue weighted by atomic mass is 10.1. The van der Waals surface area contributed by atoms with Crippen LogP contribution < -0.4 is 4.90 Å². The number of carbonyl (C=O) groups is 1. The number of pyridine rings is 1. The summed E-state index contributed by atoms with van der Waals surface area (Å²) >= 11 is 0. The van der Waals surface area contributed by atoms with E-state index < -0.39 is 0 Å². The number of nitriles is 1. The van der Waals surface area contributed by atoms with Crippen molar-refractivity contribution in [1.29, 1.82) is 5.26 Å². The van der Waals surface area contributed by atoms with Gasteiger partial charge in [0.05, 0.1) is 11.1 Å². The number of hydrogen-bond donors (Lipinski definition) is 0. The van der Waals surface area contributed by atoms with Crippen LogP contribution in [-0.4, -0.2) is 17.9 Å². The first-order chi connectivity index (χ1) is 8.63. The Balaban J connectivity index is 2.35. The van der Waals surface area contributed by atoms with Crippen LogP contribution in [0.3, 0.4) is 0 Å². The van der Waals surface area contributed by atoms with Gasteiger partial charge in [-0.15, -0.1) is 0 Å². The average molecular weight is 241 g/mol. The Kier molecular flexibility index (Phi) is 3.11. The number of aromatic nitrogens is 1. The van der Waals surface area contributed by atoms with E-state index in [1.54, 1.807) is 26.1 Å². The summed E-state index contributed by atoms with van der Waals surface area (Å²) in [4.78, 5) is 17.4. The van der Waals surface area contributed by atoms with E-state index in [1.165, 1.54) is 23.4 Å². The normalized spacial score (nSPS) is 9.83. The average Bonchev–Trinajstić information content (AvgIpc) is 2.83. The zero-order valence-electron chi connectivity index (χ0n) is 10.0. The van der Waals surface area contributed by atoms with Gasteiger partial charge in [-0.25, -0.2) is 0 Å². The van der Waals surface area contributed by atoms with E-state index in [2.05, 4.69) is 4.98 Å². The summed E-state index contributed by atoms with van der Waals surface area (Å²) in [5, 5.41) is 8.95. The minimum absolute atomic E-state index is 0.261. The molecule has 5 nitrogen and oxygen atoms in total. The van der Waals surface area contributed by atoms with Gasteiger partial charge in [0.1, 0.15) is 11.8 Å². The van der Waals surface area contributed by atoms with Crippen LogP contribution in [0.5, 0.6) is 0 Å². The van der Waals surface area contributed by atoms with Gasteiger partial charge in [-0.2, -0.15) is 5.26 Å². The van der Waals surface area contributed by atoms with Crippen LogP contribution in [0.4, 0.5) is 5.88 Å². The van der Waals surface area contributed by atoms with Crippen molar-refractivity contribution in [1.82, 2.24) is 4.98 Å². The molecule has 1 amide bonds. The molecule has 0 aliphatic carbocycles. The van der Waals surface area contributed by atoms with Gasteiger partial charge in [-0.05, 0) is 19.1 Å². The summed E-state index contributed by atoms with van der Waals surface area (Å²) in [5.41, 5.74) is 0.557. The molecule has 0 bridgehead atoms. The van der Waals surface area contributed by atoms with Crippen LogP contribution in [0.25, 0.3) is 0 Å². The summed E-state index contributed by atoms with van der Waals surface area (Å²) in [7, 11) is 1.59. The molecule has 2 rings (SSSR count). The van der Waals surface area contributed by atoms with Gasteiger partial charge in [0, 0.05) is 25.5 Å². The highest BCUT2D eigenvalue weighted by atomic mass is 16.4. The molecule has 2 aromatic heterocycles. The summed E-state index contributed by atoms with van der Waals surface area (Å²) in [5.74, 6) is 0.829. The number of rotatable bonds is 2. The molecule has 0 aromatic carbocycles. The van der Waals surface area contributed by atoms with E-state index in [0.29, 0.717) is 11.4 Å². The third-order valence-electron chi connectivity index (χ3n) is 2.53. The second kappa shape index (κ2) is 4.72. The van der Waals surface area contributed by atoms with E-state index in [9.17, 15) is 4.79 Å². The second-order valence-corrected chi connectivity index (χ2v) is 3.78. The monoisotopic (exact) mass is 241 g/mol. The summed E-state index contributed by atoms with van der Waals surface area (Å²) in [6, 6.07) is 6.95. The molecule has 0 atom stereocenters. The molecular formula is C13H11N3O2. The van der Waals surface area contributed by atoms with Crippen LogP contribution in [0.15, 0.2) is 35.0 Å². The smallest absolute Gasteiger partial charge is 0.263 e. The van der Waals surface area contributed by atoms with E-state index in [-0.39, 0.29) is 11.5 Å². The van der Waals surface area contributed by atoms with E-state index in [1.807, 2.05) is 6.07 Å².